The van der Waals surface area contributed by atoms with Gasteiger partial charge in [0.2, 0.25) is 5.91 Å². The molecule has 2 N–H and O–H groups in total. The summed E-state index contributed by atoms with van der Waals surface area (Å²) >= 11 is 0. The van der Waals surface area contributed by atoms with Crippen LogP contribution in [0.3, 0.4) is 0 Å². The molecule has 0 spiro atoms. The second-order valence-electron chi connectivity index (χ2n) is 5.94. The van der Waals surface area contributed by atoms with Crippen molar-refractivity contribution in [2.45, 2.75) is 19.8 Å². The van der Waals surface area contributed by atoms with Crippen molar-refractivity contribution < 1.29 is 9.90 Å². The van der Waals surface area contributed by atoms with Gasteiger partial charge in [-0.15, -0.1) is 0 Å². The topological polar surface area (TPSA) is 67.2 Å². The number of hydrogen-bond acceptors (Lipinski definition) is 3. The summed E-state index contributed by atoms with van der Waals surface area (Å²) in [4.78, 5) is 15.5. The van der Waals surface area contributed by atoms with Gasteiger partial charge in [-0.1, -0.05) is 30.3 Å². The largest absolute Gasteiger partial charge is 0.506 e. The molecule has 0 saturated carbocycles. The number of carbonyl (C=O) groups is 1. The third-order valence-corrected chi connectivity index (χ3v) is 4.21. The summed E-state index contributed by atoms with van der Waals surface area (Å²) in [5, 5.41) is 13.6. The van der Waals surface area contributed by atoms with E-state index in [1.165, 1.54) is 18.7 Å². The molecule has 2 heterocycles. The van der Waals surface area contributed by atoms with E-state index in [2.05, 4.69) is 27.0 Å². The van der Waals surface area contributed by atoms with E-state index in [1.807, 2.05) is 25.2 Å². The van der Waals surface area contributed by atoms with Crippen LogP contribution in [0.4, 0.5) is 0 Å². The minimum absolute atomic E-state index is 0.0409. The van der Waals surface area contributed by atoms with Crippen LogP contribution in [0.15, 0.2) is 42.6 Å². The van der Waals surface area contributed by atoms with Crippen molar-refractivity contribution in [2.75, 3.05) is 6.54 Å². The summed E-state index contributed by atoms with van der Waals surface area (Å²) in [6.45, 7) is 2.08. The van der Waals surface area contributed by atoms with E-state index >= 15 is 0 Å². The lowest BCUT2D eigenvalue weighted by molar-refractivity contribution is -0.118. The fourth-order valence-corrected chi connectivity index (χ4v) is 3.08. The third-order valence-electron chi connectivity index (χ3n) is 4.21. The van der Waals surface area contributed by atoms with Gasteiger partial charge in [-0.05, 0) is 23.6 Å². The predicted molar refractivity (Wildman–Crippen MR) is 94.0 cm³/mol. The molecule has 0 unspecified atom stereocenters. The molecular formula is C19H21N3O2. The minimum Gasteiger partial charge on any atom is -0.506 e. The van der Waals surface area contributed by atoms with Gasteiger partial charge in [0, 0.05) is 38.0 Å². The molecule has 0 radical (unpaired) electrons. The van der Waals surface area contributed by atoms with Crippen molar-refractivity contribution in [1.82, 2.24) is 14.9 Å². The number of hydrogen-bond donors (Lipinski definition) is 2. The molecular weight excluding hydrogens is 302 g/mol. The lowest BCUT2D eigenvalue weighted by Crippen LogP contribution is -2.22. The second-order valence-corrected chi connectivity index (χ2v) is 5.94. The number of nitrogens with one attached hydrogen (secondary N) is 1. The van der Waals surface area contributed by atoms with Gasteiger partial charge in [0.15, 0.2) is 0 Å². The number of aromatic nitrogens is 2. The van der Waals surface area contributed by atoms with Crippen LogP contribution in [0.25, 0.3) is 11.0 Å². The van der Waals surface area contributed by atoms with Crippen LogP contribution in [0, 0.1) is 0 Å². The average Bonchev–Trinajstić information content (AvgIpc) is 2.80. The maximum atomic E-state index is 11.2. The SMILES string of the molecule is CC(=O)NCCc1c(Cc2ccccc2)n(C)c2ncc(O)cc12. The molecule has 1 aromatic carbocycles. The Bertz CT molecular complexity index is 869. The number of amides is 1. The van der Waals surface area contributed by atoms with Crippen molar-refractivity contribution in [1.29, 1.82) is 0 Å². The van der Waals surface area contributed by atoms with Gasteiger partial charge >= 0.3 is 0 Å². The van der Waals surface area contributed by atoms with E-state index in [0.29, 0.717) is 13.0 Å². The summed E-state index contributed by atoms with van der Waals surface area (Å²) in [5.74, 6) is 0.112. The summed E-state index contributed by atoms with van der Waals surface area (Å²) < 4.78 is 2.07. The quantitative estimate of drug-likeness (QED) is 0.758. The highest BCUT2D eigenvalue weighted by molar-refractivity contribution is 5.83. The van der Waals surface area contributed by atoms with Gasteiger partial charge in [0.25, 0.3) is 0 Å². The molecule has 0 fully saturated rings. The van der Waals surface area contributed by atoms with E-state index in [9.17, 15) is 9.90 Å². The highest BCUT2D eigenvalue weighted by atomic mass is 16.3. The first kappa shape index (κ1) is 16.1. The number of benzene rings is 1. The van der Waals surface area contributed by atoms with Gasteiger partial charge < -0.3 is 15.0 Å². The maximum absolute atomic E-state index is 11.2. The Hall–Kier alpha value is -2.82. The third kappa shape index (κ3) is 3.25. The zero-order chi connectivity index (χ0) is 17.1. The molecule has 124 valence electrons. The Kier molecular flexibility index (Phi) is 4.51. The van der Waals surface area contributed by atoms with Crippen molar-refractivity contribution in [2.24, 2.45) is 7.05 Å². The van der Waals surface area contributed by atoms with E-state index in [0.717, 1.165) is 28.7 Å². The van der Waals surface area contributed by atoms with Crippen LogP contribution >= 0.6 is 0 Å². The Morgan fingerprint density at radius 3 is 2.75 bits per heavy atom. The first-order valence-corrected chi connectivity index (χ1v) is 7.99. The van der Waals surface area contributed by atoms with Gasteiger partial charge in [-0.2, -0.15) is 0 Å². The number of pyridine rings is 1. The Morgan fingerprint density at radius 1 is 1.29 bits per heavy atom. The fraction of sp³-hybridized carbons (Fsp3) is 0.263. The molecule has 0 bridgehead atoms. The molecule has 0 atom stereocenters. The van der Waals surface area contributed by atoms with Crippen molar-refractivity contribution in [3.8, 4) is 5.75 Å². The van der Waals surface area contributed by atoms with Crippen LogP contribution in [0.5, 0.6) is 5.75 Å². The number of aryl methyl sites for hydroxylation is 1. The molecule has 3 rings (SSSR count). The average molecular weight is 323 g/mol. The zero-order valence-corrected chi connectivity index (χ0v) is 13.9. The van der Waals surface area contributed by atoms with Gasteiger partial charge in [0.05, 0.1) is 6.20 Å². The molecule has 5 nitrogen and oxygen atoms in total. The molecule has 5 heteroatoms. The van der Waals surface area contributed by atoms with Crippen LogP contribution in [-0.2, 0) is 24.7 Å². The molecule has 0 aliphatic rings. The van der Waals surface area contributed by atoms with Crippen molar-refractivity contribution >= 4 is 16.9 Å². The van der Waals surface area contributed by atoms with E-state index < -0.39 is 0 Å². The predicted octanol–water partition coefficient (Wildman–Crippen LogP) is 2.55. The smallest absolute Gasteiger partial charge is 0.216 e. The fourth-order valence-electron chi connectivity index (χ4n) is 3.08. The summed E-state index contributed by atoms with van der Waals surface area (Å²) in [6, 6.07) is 12.0. The number of nitrogens with zero attached hydrogens (tertiary/aromatic N) is 2. The molecule has 1 amide bonds. The Labute approximate surface area is 141 Å². The van der Waals surface area contributed by atoms with Crippen LogP contribution < -0.4 is 5.32 Å². The first-order chi connectivity index (χ1) is 11.6. The normalized spacial score (nSPS) is 10.9. The standard InChI is InChI=1S/C19H21N3O2/c1-13(23)20-9-8-16-17-11-15(24)12-21-19(17)22(2)18(16)10-14-6-4-3-5-7-14/h3-7,11-12,24H,8-10H2,1-2H3,(H,20,23). The van der Waals surface area contributed by atoms with E-state index in [-0.39, 0.29) is 11.7 Å². The highest BCUT2D eigenvalue weighted by Gasteiger charge is 2.17. The van der Waals surface area contributed by atoms with Crippen molar-refractivity contribution in [3.63, 3.8) is 0 Å². The zero-order valence-electron chi connectivity index (χ0n) is 13.9. The Morgan fingerprint density at radius 2 is 2.04 bits per heavy atom. The highest BCUT2D eigenvalue weighted by Crippen LogP contribution is 2.28. The van der Waals surface area contributed by atoms with E-state index in [1.54, 1.807) is 6.07 Å². The molecule has 2 aromatic heterocycles. The number of rotatable bonds is 5. The summed E-state index contributed by atoms with van der Waals surface area (Å²) in [5.41, 5.74) is 4.33. The van der Waals surface area contributed by atoms with Gasteiger partial charge in [-0.3, -0.25) is 4.79 Å². The van der Waals surface area contributed by atoms with Crippen LogP contribution in [0.2, 0.25) is 0 Å². The number of fused-ring (bicyclic) bond motifs is 1. The van der Waals surface area contributed by atoms with Gasteiger partial charge in [-0.25, -0.2) is 4.98 Å². The number of carbonyl (C=O) groups excluding carboxylic acids is 1. The molecule has 3 aromatic rings. The lowest BCUT2D eigenvalue weighted by Gasteiger charge is -2.09. The molecule has 24 heavy (non-hydrogen) atoms. The first-order valence-electron chi connectivity index (χ1n) is 7.99. The van der Waals surface area contributed by atoms with Crippen LogP contribution in [0.1, 0.15) is 23.7 Å². The van der Waals surface area contributed by atoms with Gasteiger partial charge in [0.1, 0.15) is 11.4 Å². The summed E-state index contributed by atoms with van der Waals surface area (Å²) in [6.07, 6.45) is 2.94. The second kappa shape index (κ2) is 6.74. The maximum Gasteiger partial charge on any atom is 0.216 e. The minimum atomic E-state index is -0.0409. The van der Waals surface area contributed by atoms with Crippen molar-refractivity contribution in [3.05, 3.63) is 59.4 Å². The molecule has 0 aliphatic carbocycles. The lowest BCUT2D eigenvalue weighted by atomic mass is 10.0. The Balaban J connectivity index is 2.04. The number of aromatic hydroxyl groups is 1. The van der Waals surface area contributed by atoms with Crippen LogP contribution in [-0.4, -0.2) is 27.1 Å². The van der Waals surface area contributed by atoms with E-state index in [4.69, 9.17) is 0 Å². The molecule has 0 saturated heterocycles. The monoisotopic (exact) mass is 323 g/mol. The summed E-state index contributed by atoms with van der Waals surface area (Å²) in [7, 11) is 1.99. The molecule has 0 aliphatic heterocycles.